The van der Waals surface area contributed by atoms with Gasteiger partial charge in [0.25, 0.3) is 5.91 Å². The number of hydrogen-bond acceptors (Lipinski definition) is 6. The molecule has 2 bridgehead atoms. The second kappa shape index (κ2) is 12.5. The second-order valence-corrected chi connectivity index (χ2v) is 14.5. The van der Waals surface area contributed by atoms with Gasteiger partial charge in [-0.3, -0.25) is 9.59 Å². The van der Waals surface area contributed by atoms with Crippen molar-refractivity contribution in [1.82, 2.24) is 15.6 Å². The quantitative estimate of drug-likeness (QED) is 0.249. The summed E-state index contributed by atoms with van der Waals surface area (Å²) in [6.07, 6.45) is 8.40. The molecule has 1 aromatic heterocycles. The van der Waals surface area contributed by atoms with Gasteiger partial charge in [-0.2, -0.15) is 0 Å². The first-order valence-corrected chi connectivity index (χ1v) is 16.9. The third kappa shape index (κ3) is 5.95. The summed E-state index contributed by atoms with van der Waals surface area (Å²) < 4.78 is 19.5. The van der Waals surface area contributed by atoms with E-state index in [0.29, 0.717) is 29.9 Å². The summed E-state index contributed by atoms with van der Waals surface area (Å²) in [6.45, 7) is 6.92. The van der Waals surface area contributed by atoms with Crippen molar-refractivity contribution in [3.63, 3.8) is 0 Å². The van der Waals surface area contributed by atoms with Gasteiger partial charge in [-0.25, -0.2) is 4.98 Å². The van der Waals surface area contributed by atoms with Gasteiger partial charge < -0.3 is 24.7 Å². The molecule has 0 spiro atoms. The highest BCUT2D eigenvalue weighted by Gasteiger charge is 2.68. The SMILES string of the molecule is CC1(C)[C@@H]2C[C@H]1[C@]1(C)OB([C@H](CC3CCC3)NC(=O)[C@H](Cc3ccccc3)NC(=O)c3cccnc3Oc3ccccc3)O[C@@H]1C2. The highest BCUT2D eigenvalue weighted by molar-refractivity contribution is 6.48. The van der Waals surface area contributed by atoms with E-state index in [-0.39, 0.29) is 40.4 Å². The molecule has 6 atom stereocenters. The predicted molar refractivity (Wildman–Crippen MR) is 176 cm³/mol. The third-order valence-electron chi connectivity index (χ3n) is 11.3. The Morgan fingerprint density at radius 1 is 0.978 bits per heavy atom. The fourth-order valence-corrected chi connectivity index (χ4v) is 8.22. The molecular weight excluding hydrogens is 577 g/mol. The Balaban J connectivity index is 1.11. The van der Waals surface area contributed by atoms with Crippen molar-refractivity contribution in [2.24, 2.45) is 23.2 Å². The van der Waals surface area contributed by atoms with Crippen LogP contribution in [-0.2, 0) is 20.5 Å². The minimum atomic E-state index is -0.838. The van der Waals surface area contributed by atoms with Gasteiger partial charge in [0, 0.05) is 12.6 Å². The van der Waals surface area contributed by atoms with E-state index < -0.39 is 19.1 Å². The van der Waals surface area contributed by atoms with E-state index in [0.717, 1.165) is 31.2 Å². The number of ether oxygens (including phenoxy) is 1. The summed E-state index contributed by atoms with van der Waals surface area (Å²) in [5, 5.41) is 6.33. The van der Waals surface area contributed by atoms with Crippen LogP contribution in [-0.4, -0.2) is 47.6 Å². The Hall–Kier alpha value is -3.69. The van der Waals surface area contributed by atoms with Gasteiger partial charge in [0.15, 0.2) is 0 Å². The molecule has 0 unspecified atom stereocenters. The van der Waals surface area contributed by atoms with E-state index in [1.807, 2.05) is 48.5 Å². The standard InChI is InChI=1S/C37H44BN3O5/c1-36(2)26-22-30(36)37(3)31(23-26)45-38(46-37)32(21-25-14-10-15-25)41-34(43)29(20-24-12-6-4-7-13-24)40-33(42)28-18-11-19-39-35(28)44-27-16-8-5-9-17-27/h4-9,11-13,16-19,25-26,29-32H,10,14-15,20-23H2,1-3H3,(H,40,42)(H,41,43)/t26-,29+,30-,31-,32+,37+/m1/s1. The molecule has 1 aliphatic heterocycles. The molecular formula is C37H44BN3O5. The van der Waals surface area contributed by atoms with Crippen LogP contribution in [0.1, 0.15) is 75.2 Å². The number of hydrogen-bond donors (Lipinski definition) is 2. The molecule has 9 heteroatoms. The average molecular weight is 622 g/mol. The lowest BCUT2D eigenvalue weighted by Crippen LogP contribution is -2.65. The number of benzene rings is 2. The maximum atomic E-state index is 14.2. The Morgan fingerprint density at radius 3 is 2.41 bits per heavy atom. The molecule has 46 heavy (non-hydrogen) atoms. The summed E-state index contributed by atoms with van der Waals surface area (Å²) in [4.78, 5) is 32.3. The molecule has 2 aromatic carbocycles. The van der Waals surface area contributed by atoms with Gasteiger partial charge in [-0.05, 0) is 79.2 Å². The normalized spacial score (nSPS) is 27.4. The van der Waals surface area contributed by atoms with Crippen LogP contribution in [0.5, 0.6) is 11.6 Å². The molecule has 4 aliphatic carbocycles. The maximum Gasteiger partial charge on any atom is 0.481 e. The molecule has 8 rings (SSSR count). The van der Waals surface area contributed by atoms with Gasteiger partial charge in [-0.1, -0.05) is 81.6 Å². The molecule has 4 saturated carbocycles. The highest BCUT2D eigenvalue weighted by Crippen LogP contribution is 2.65. The molecule has 5 aliphatic rings. The number of nitrogens with zero attached hydrogens (tertiary/aromatic N) is 1. The van der Waals surface area contributed by atoms with Crippen LogP contribution >= 0.6 is 0 Å². The molecule has 3 aromatic rings. The average Bonchev–Trinajstić information content (AvgIpc) is 3.40. The van der Waals surface area contributed by atoms with E-state index in [1.165, 1.54) is 12.8 Å². The fraction of sp³-hybridized carbons (Fsp3) is 0.486. The molecule has 2 amide bonds. The smallest absolute Gasteiger partial charge is 0.438 e. The number of carbonyl (C=O) groups excluding carboxylic acids is 2. The number of nitrogens with one attached hydrogen (secondary N) is 2. The van der Waals surface area contributed by atoms with E-state index in [9.17, 15) is 9.59 Å². The Bertz CT molecular complexity index is 1550. The van der Waals surface area contributed by atoms with Crippen molar-refractivity contribution in [3.05, 3.63) is 90.1 Å². The van der Waals surface area contributed by atoms with Crippen LogP contribution in [0.4, 0.5) is 0 Å². The molecule has 8 nitrogen and oxygen atoms in total. The third-order valence-corrected chi connectivity index (χ3v) is 11.3. The minimum absolute atomic E-state index is 0.0310. The molecule has 2 heterocycles. The zero-order valence-corrected chi connectivity index (χ0v) is 27.0. The van der Waals surface area contributed by atoms with Crippen LogP contribution in [0, 0.1) is 23.2 Å². The Morgan fingerprint density at radius 2 is 1.72 bits per heavy atom. The van der Waals surface area contributed by atoms with Crippen molar-refractivity contribution in [1.29, 1.82) is 0 Å². The van der Waals surface area contributed by atoms with Crippen molar-refractivity contribution < 1.29 is 23.6 Å². The van der Waals surface area contributed by atoms with Crippen molar-refractivity contribution >= 4 is 18.9 Å². The lowest BCUT2D eigenvalue weighted by atomic mass is 9.43. The predicted octanol–water partition coefficient (Wildman–Crippen LogP) is 6.16. The molecule has 240 valence electrons. The number of pyridine rings is 1. The van der Waals surface area contributed by atoms with Crippen LogP contribution in [0.3, 0.4) is 0 Å². The van der Waals surface area contributed by atoms with Crippen molar-refractivity contribution in [2.45, 2.75) is 89.4 Å². The van der Waals surface area contributed by atoms with Gasteiger partial charge in [0.1, 0.15) is 17.4 Å². The van der Waals surface area contributed by atoms with E-state index in [2.05, 4.69) is 36.4 Å². The highest BCUT2D eigenvalue weighted by atomic mass is 16.7. The van der Waals surface area contributed by atoms with Gasteiger partial charge in [0.2, 0.25) is 11.8 Å². The summed E-state index contributed by atoms with van der Waals surface area (Å²) in [7, 11) is -0.521. The second-order valence-electron chi connectivity index (χ2n) is 14.5. The van der Waals surface area contributed by atoms with Crippen LogP contribution in [0.15, 0.2) is 79.0 Å². The largest absolute Gasteiger partial charge is 0.481 e. The summed E-state index contributed by atoms with van der Waals surface area (Å²) in [6, 6.07) is 21.5. The number of amides is 2. The first-order chi connectivity index (χ1) is 22.2. The lowest BCUT2D eigenvalue weighted by molar-refractivity contribution is -0.199. The monoisotopic (exact) mass is 621 g/mol. The van der Waals surface area contributed by atoms with Crippen LogP contribution in [0.25, 0.3) is 0 Å². The van der Waals surface area contributed by atoms with Crippen LogP contribution in [0.2, 0.25) is 0 Å². The maximum absolute atomic E-state index is 14.2. The Labute approximate surface area is 272 Å². The number of aromatic nitrogens is 1. The van der Waals surface area contributed by atoms with Crippen molar-refractivity contribution in [3.8, 4) is 11.6 Å². The van der Waals surface area contributed by atoms with Gasteiger partial charge >= 0.3 is 7.12 Å². The van der Waals surface area contributed by atoms with E-state index in [4.69, 9.17) is 14.0 Å². The zero-order chi connectivity index (χ0) is 31.9. The summed E-state index contributed by atoms with van der Waals surface area (Å²) in [5.74, 6) is 1.35. The first kappa shape index (κ1) is 30.9. The van der Waals surface area contributed by atoms with Crippen molar-refractivity contribution in [2.75, 3.05) is 0 Å². The molecule has 0 radical (unpaired) electrons. The fourth-order valence-electron chi connectivity index (χ4n) is 8.22. The van der Waals surface area contributed by atoms with E-state index >= 15 is 0 Å². The molecule has 5 fully saturated rings. The number of carbonyl (C=O) groups is 2. The topological polar surface area (TPSA) is 98.8 Å². The summed E-state index contributed by atoms with van der Waals surface area (Å²) >= 11 is 0. The number of rotatable bonds is 11. The first-order valence-electron chi connectivity index (χ1n) is 16.9. The van der Waals surface area contributed by atoms with E-state index in [1.54, 1.807) is 30.5 Å². The summed E-state index contributed by atoms with van der Waals surface area (Å²) in [5.41, 5.74) is 1.07. The molecule has 1 saturated heterocycles. The minimum Gasteiger partial charge on any atom is -0.438 e. The van der Waals surface area contributed by atoms with Gasteiger partial charge in [0.05, 0.1) is 17.6 Å². The number of para-hydroxylation sites is 1. The van der Waals surface area contributed by atoms with Crippen LogP contribution < -0.4 is 15.4 Å². The zero-order valence-electron chi connectivity index (χ0n) is 27.0. The lowest BCUT2D eigenvalue weighted by Gasteiger charge is -2.64. The molecule has 2 N–H and O–H groups in total. The van der Waals surface area contributed by atoms with Gasteiger partial charge in [-0.15, -0.1) is 0 Å². The Kier molecular flexibility index (Phi) is 8.40.